The van der Waals surface area contributed by atoms with Crippen LogP contribution in [0.1, 0.15) is 38.3 Å². The Morgan fingerprint density at radius 3 is 2.48 bits per heavy atom. The number of ether oxygens (including phenoxy) is 1. The molecule has 216 valence electrons. The van der Waals surface area contributed by atoms with Gasteiger partial charge in [0, 0.05) is 35.9 Å². The molecule has 0 aliphatic heterocycles. The van der Waals surface area contributed by atoms with Crippen LogP contribution in [0.25, 0.3) is 0 Å². The molecule has 0 saturated heterocycles. The number of hydrazone groups is 1. The molecule has 0 aliphatic carbocycles. The van der Waals surface area contributed by atoms with E-state index in [1.807, 2.05) is 48.5 Å². The van der Waals surface area contributed by atoms with E-state index in [0.717, 1.165) is 30.6 Å². The fourth-order valence-corrected chi connectivity index (χ4v) is 4.58. The number of rotatable bonds is 13. The minimum Gasteiger partial charge on any atom is -0.497 e. The van der Waals surface area contributed by atoms with Crippen molar-refractivity contribution in [1.29, 1.82) is 0 Å². The first kappa shape index (κ1) is 30.5. The van der Waals surface area contributed by atoms with E-state index in [9.17, 15) is 9.59 Å². The maximum Gasteiger partial charge on any atom is 0.273 e. The van der Waals surface area contributed by atoms with Crippen LogP contribution >= 0.6 is 15.9 Å². The molecule has 0 unspecified atom stereocenters. The van der Waals surface area contributed by atoms with Gasteiger partial charge in [0.15, 0.2) is 0 Å². The highest BCUT2D eigenvalue weighted by Gasteiger charge is 2.15. The van der Waals surface area contributed by atoms with E-state index in [2.05, 4.69) is 61.2 Å². The lowest BCUT2D eigenvalue weighted by molar-refractivity contribution is 0.0956. The monoisotopic (exact) mass is 627 g/mol. The van der Waals surface area contributed by atoms with Crippen molar-refractivity contribution in [3.8, 4) is 5.75 Å². The molecule has 42 heavy (non-hydrogen) atoms. The van der Waals surface area contributed by atoms with Gasteiger partial charge in [0.2, 0.25) is 0 Å². The zero-order valence-electron chi connectivity index (χ0n) is 23.6. The maximum absolute atomic E-state index is 13.0. The molecular formula is C33H34BrN5O3. The van der Waals surface area contributed by atoms with Crippen LogP contribution in [-0.2, 0) is 6.54 Å². The summed E-state index contributed by atoms with van der Waals surface area (Å²) in [4.78, 5) is 28.2. The van der Waals surface area contributed by atoms with Gasteiger partial charge in [0.25, 0.3) is 11.8 Å². The number of nitrogens with zero attached hydrogens (tertiary/aromatic N) is 2. The number of nitrogens with one attached hydrogen (secondary N) is 3. The molecule has 4 rings (SSSR count). The third-order valence-electron chi connectivity index (χ3n) is 6.54. The highest BCUT2D eigenvalue weighted by Crippen LogP contribution is 2.22. The highest BCUT2D eigenvalue weighted by molar-refractivity contribution is 9.10. The number of halogens is 1. The van der Waals surface area contributed by atoms with Crippen LogP contribution in [0.15, 0.2) is 107 Å². The zero-order chi connectivity index (χ0) is 29.7. The van der Waals surface area contributed by atoms with Crippen LogP contribution in [0.3, 0.4) is 0 Å². The normalized spacial score (nSPS) is 10.8. The number of anilines is 2. The first-order valence-electron chi connectivity index (χ1n) is 13.6. The molecule has 0 atom stereocenters. The van der Waals surface area contributed by atoms with Crippen molar-refractivity contribution in [3.05, 3.63) is 124 Å². The van der Waals surface area contributed by atoms with Crippen molar-refractivity contribution in [2.45, 2.75) is 13.0 Å². The molecule has 0 bridgehead atoms. The van der Waals surface area contributed by atoms with Crippen molar-refractivity contribution in [1.82, 2.24) is 10.7 Å². The Labute approximate surface area is 254 Å². The lowest BCUT2D eigenvalue weighted by atomic mass is 10.1. The molecule has 3 N–H and O–H groups in total. The smallest absolute Gasteiger partial charge is 0.273 e. The summed E-state index contributed by atoms with van der Waals surface area (Å²) in [6.45, 7) is 2.56. The molecule has 0 radical (unpaired) electrons. The van der Waals surface area contributed by atoms with Gasteiger partial charge in [-0.25, -0.2) is 5.43 Å². The predicted octanol–water partition coefficient (Wildman–Crippen LogP) is 6.09. The number of amides is 2. The molecule has 0 aliphatic rings. The molecule has 0 fully saturated rings. The minimum absolute atomic E-state index is 0.277. The molecule has 0 aromatic heterocycles. The van der Waals surface area contributed by atoms with Crippen molar-refractivity contribution in [2.24, 2.45) is 5.10 Å². The highest BCUT2D eigenvalue weighted by atomic mass is 79.9. The predicted molar refractivity (Wildman–Crippen MR) is 173 cm³/mol. The summed E-state index contributed by atoms with van der Waals surface area (Å²) < 4.78 is 5.91. The van der Waals surface area contributed by atoms with Gasteiger partial charge in [-0.3, -0.25) is 9.59 Å². The Bertz CT molecular complexity index is 1510. The summed E-state index contributed by atoms with van der Waals surface area (Å²) in [5.41, 5.74) is 6.74. The summed E-state index contributed by atoms with van der Waals surface area (Å²) >= 11 is 3.40. The van der Waals surface area contributed by atoms with Crippen LogP contribution in [-0.4, -0.2) is 45.3 Å². The fourth-order valence-electron chi connectivity index (χ4n) is 4.21. The number of para-hydroxylation sites is 1. The summed E-state index contributed by atoms with van der Waals surface area (Å²) in [6.07, 6.45) is 2.54. The Morgan fingerprint density at radius 1 is 0.929 bits per heavy atom. The van der Waals surface area contributed by atoms with Gasteiger partial charge in [-0.15, -0.1) is 0 Å². The van der Waals surface area contributed by atoms with Crippen molar-refractivity contribution in [3.63, 3.8) is 0 Å². The van der Waals surface area contributed by atoms with E-state index >= 15 is 0 Å². The summed E-state index contributed by atoms with van der Waals surface area (Å²) in [6, 6.07) is 30.1. The van der Waals surface area contributed by atoms with E-state index in [-0.39, 0.29) is 11.5 Å². The van der Waals surface area contributed by atoms with E-state index in [1.54, 1.807) is 43.5 Å². The molecule has 8 nitrogen and oxygen atoms in total. The van der Waals surface area contributed by atoms with E-state index in [4.69, 9.17) is 4.74 Å². The second kappa shape index (κ2) is 15.5. The van der Waals surface area contributed by atoms with Gasteiger partial charge in [0.05, 0.1) is 24.6 Å². The van der Waals surface area contributed by atoms with E-state index in [0.29, 0.717) is 28.0 Å². The van der Waals surface area contributed by atoms with Crippen LogP contribution in [0.2, 0.25) is 0 Å². The quantitative estimate of drug-likeness (QED) is 0.0947. The Kier molecular flexibility index (Phi) is 11.3. The first-order chi connectivity index (χ1) is 20.4. The molecule has 9 heteroatoms. The van der Waals surface area contributed by atoms with Gasteiger partial charge < -0.3 is 20.3 Å². The Balaban J connectivity index is 1.28. The van der Waals surface area contributed by atoms with Crippen LogP contribution < -0.4 is 25.7 Å². The molecule has 2 amide bonds. The third-order valence-corrected chi connectivity index (χ3v) is 7.03. The van der Waals surface area contributed by atoms with Crippen molar-refractivity contribution in [2.75, 3.05) is 37.5 Å². The molecular weight excluding hydrogens is 594 g/mol. The summed E-state index contributed by atoms with van der Waals surface area (Å²) in [7, 11) is 3.68. The number of benzene rings is 4. The number of hydrogen-bond donors (Lipinski definition) is 3. The number of hydrogen-bond acceptors (Lipinski definition) is 6. The number of methoxy groups -OCH3 is 1. The maximum atomic E-state index is 13.0. The minimum atomic E-state index is -0.456. The topological polar surface area (TPSA) is 95.1 Å². The molecule has 0 heterocycles. The number of carbonyl (C=O) groups excluding carboxylic acids is 2. The second-order valence-electron chi connectivity index (χ2n) is 9.60. The standard InChI is InChI=1S/C33H34BrN5O3/c1-39(28-9-4-3-5-10-28)19-7-18-35-22-24-12-14-26(15-13-24)32(40)37-31-17-16-27(34)21-30(31)33(41)38-36-23-25-8-6-11-29(20-25)42-2/h3-6,8-17,20-21,23,35H,7,18-19,22H2,1-2H3,(H,37,40)(H,38,41). The third kappa shape index (κ3) is 9.02. The van der Waals surface area contributed by atoms with Crippen LogP contribution in [0, 0.1) is 0 Å². The lowest BCUT2D eigenvalue weighted by Crippen LogP contribution is -2.23. The largest absolute Gasteiger partial charge is 0.497 e. The van der Waals surface area contributed by atoms with Gasteiger partial charge in [0.1, 0.15) is 5.75 Å². The Hall–Kier alpha value is -4.47. The fraction of sp³-hybridized carbons (Fsp3) is 0.182. The number of carbonyl (C=O) groups is 2. The molecule has 0 saturated carbocycles. The van der Waals surface area contributed by atoms with Gasteiger partial charge >= 0.3 is 0 Å². The average Bonchev–Trinajstić information content (AvgIpc) is 3.02. The SMILES string of the molecule is COc1cccc(C=NNC(=O)c2cc(Br)ccc2NC(=O)c2ccc(CNCCCN(C)c3ccccc3)cc2)c1. The molecule has 4 aromatic rings. The van der Waals surface area contributed by atoms with Crippen LogP contribution in [0.5, 0.6) is 5.75 Å². The van der Waals surface area contributed by atoms with Gasteiger partial charge in [-0.2, -0.15) is 5.10 Å². The van der Waals surface area contributed by atoms with Crippen LogP contribution in [0.4, 0.5) is 11.4 Å². The summed E-state index contributed by atoms with van der Waals surface area (Å²) in [5, 5.41) is 10.4. The van der Waals surface area contributed by atoms with Gasteiger partial charge in [-0.1, -0.05) is 58.4 Å². The van der Waals surface area contributed by atoms with Crippen molar-refractivity contribution >= 4 is 45.3 Å². The lowest BCUT2D eigenvalue weighted by Gasteiger charge is -2.19. The van der Waals surface area contributed by atoms with Gasteiger partial charge in [-0.05, 0) is 78.7 Å². The Morgan fingerprint density at radius 2 is 1.71 bits per heavy atom. The summed E-state index contributed by atoms with van der Waals surface area (Å²) in [5.74, 6) is -0.0778. The molecule has 4 aromatic carbocycles. The van der Waals surface area contributed by atoms with Crippen molar-refractivity contribution < 1.29 is 14.3 Å². The average molecular weight is 629 g/mol. The van der Waals surface area contributed by atoms with E-state index < -0.39 is 5.91 Å². The first-order valence-corrected chi connectivity index (χ1v) is 14.4. The second-order valence-corrected chi connectivity index (χ2v) is 10.5. The van der Waals surface area contributed by atoms with E-state index in [1.165, 1.54) is 11.9 Å². The zero-order valence-corrected chi connectivity index (χ0v) is 25.2. The molecule has 0 spiro atoms.